The van der Waals surface area contributed by atoms with E-state index in [1.165, 1.54) is 6.33 Å². The molecule has 11 heavy (non-hydrogen) atoms. The molecule has 0 aromatic carbocycles. The zero-order valence-electron chi connectivity index (χ0n) is 5.27. The van der Waals surface area contributed by atoms with Crippen molar-refractivity contribution in [1.29, 1.82) is 0 Å². The predicted molar refractivity (Wildman–Crippen MR) is 33.6 cm³/mol. The fraction of sp³-hybridized carbons (Fsp3) is 0.250. The SMILES string of the molecule is O=[N+]([O-])C1Nc2[nH]cnc2O1. The molecular weight excluding hydrogens is 152 g/mol. The highest BCUT2D eigenvalue weighted by Gasteiger charge is 2.32. The number of nitrogens with one attached hydrogen (secondary N) is 2. The van der Waals surface area contributed by atoms with Crippen LogP contribution in [0.25, 0.3) is 0 Å². The molecule has 58 valence electrons. The Morgan fingerprint density at radius 1 is 1.82 bits per heavy atom. The Balaban J connectivity index is 2.22. The van der Waals surface area contributed by atoms with E-state index < -0.39 is 11.3 Å². The highest BCUT2D eigenvalue weighted by Crippen LogP contribution is 2.26. The van der Waals surface area contributed by atoms with Crippen LogP contribution in [0.3, 0.4) is 0 Å². The predicted octanol–water partition coefficient (Wildman–Crippen LogP) is -0.226. The molecule has 0 radical (unpaired) electrons. The van der Waals surface area contributed by atoms with E-state index in [0.29, 0.717) is 5.82 Å². The topological polar surface area (TPSA) is 93.1 Å². The highest BCUT2D eigenvalue weighted by atomic mass is 16.7. The van der Waals surface area contributed by atoms with Crippen LogP contribution in [0.4, 0.5) is 5.82 Å². The minimum Gasteiger partial charge on any atom is -0.391 e. The Labute approximate surface area is 60.5 Å². The molecule has 0 amide bonds. The van der Waals surface area contributed by atoms with Crippen molar-refractivity contribution >= 4 is 5.82 Å². The number of ether oxygens (including phenoxy) is 1. The quantitative estimate of drug-likeness (QED) is 0.432. The van der Waals surface area contributed by atoms with Gasteiger partial charge in [0.05, 0.1) is 11.3 Å². The van der Waals surface area contributed by atoms with E-state index in [0.717, 1.165) is 0 Å². The number of anilines is 1. The maximum atomic E-state index is 10.1. The summed E-state index contributed by atoms with van der Waals surface area (Å²) in [6, 6.07) is 0. The second kappa shape index (κ2) is 1.84. The van der Waals surface area contributed by atoms with Gasteiger partial charge in [-0.1, -0.05) is 0 Å². The summed E-state index contributed by atoms with van der Waals surface area (Å²) < 4.78 is 4.76. The van der Waals surface area contributed by atoms with Gasteiger partial charge >= 0.3 is 6.35 Å². The molecule has 0 saturated carbocycles. The molecule has 1 aliphatic rings. The minimum atomic E-state index is -1.20. The van der Waals surface area contributed by atoms with Crippen molar-refractivity contribution in [2.45, 2.75) is 6.35 Å². The van der Waals surface area contributed by atoms with Crippen LogP contribution in [0.1, 0.15) is 0 Å². The lowest BCUT2D eigenvalue weighted by molar-refractivity contribution is -0.552. The van der Waals surface area contributed by atoms with Gasteiger partial charge in [0, 0.05) is 0 Å². The Morgan fingerprint density at radius 2 is 2.64 bits per heavy atom. The number of hydrogen-bond donors (Lipinski definition) is 2. The molecule has 0 aliphatic carbocycles. The maximum absolute atomic E-state index is 10.1. The molecule has 0 bridgehead atoms. The summed E-state index contributed by atoms with van der Waals surface area (Å²) in [5.41, 5.74) is 0. The Hall–Kier alpha value is -1.79. The van der Waals surface area contributed by atoms with Crippen molar-refractivity contribution in [2.24, 2.45) is 0 Å². The summed E-state index contributed by atoms with van der Waals surface area (Å²) in [4.78, 5) is 15.9. The van der Waals surface area contributed by atoms with Crippen molar-refractivity contribution in [1.82, 2.24) is 9.97 Å². The summed E-state index contributed by atoms with van der Waals surface area (Å²) in [7, 11) is 0. The number of hydrogen-bond acceptors (Lipinski definition) is 5. The van der Waals surface area contributed by atoms with Gasteiger partial charge < -0.3 is 9.72 Å². The fourth-order valence-electron chi connectivity index (χ4n) is 0.829. The number of aromatic nitrogens is 2. The number of rotatable bonds is 1. The van der Waals surface area contributed by atoms with Gasteiger partial charge in [0.2, 0.25) is 0 Å². The van der Waals surface area contributed by atoms with Gasteiger partial charge in [-0.3, -0.25) is 15.4 Å². The largest absolute Gasteiger partial charge is 0.441 e. The van der Waals surface area contributed by atoms with Gasteiger partial charge in [-0.15, -0.1) is 0 Å². The van der Waals surface area contributed by atoms with Crippen LogP contribution in [0.5, 0.6) is 5.88 Å². The lowest BCUT2D eigenvalue weighted by Crippen LogP contribution is -2.29. The monoisotopic (exact) mass is 156 g/mol. The Morgan fingerprint density at radius 3 is 3.27 bits per heavy atom. The molecule has 1 unspecified atom stereocenters. The van der Waals surface area contributed by atoms with Crippen LogP contribution in [-0.2, 0) is 0 Å². The number of fused-ring (bicyclic) bond motifs is 1. The third kappa shape index (κ3) is 0.775. The lowest BCUT2D eigenvalue weighted by atomic mass is 10.7. The number of nitrogens with zero attached hydrogens (tertiary/aromatic N) is 2. The van der Waals surface area contributed by atoms with Gasteiger partial charge in [-0.05, 0) is 0 Å². The number of H-pyrrole nitrogens is 1. The van der Waals surface area contributed by atoms with Gasteiger partial charge in [0.1, 0.15) is 0 Å². The molecule has 2 N–H and O–H groups in total. The first-order valence-electron chi connectivity index (χ1n) is 2.87. The standard InChI is InChI=1S/C4H4N4O3/c9-8(10)4-7-2-3(11-4)6-1-5-2/h1,4,7H,(H,5,6). The van der Waals surface area contributed by atoms with Crippen LogP contribution in [0, 0.1) is 10.1 Å². The summed E-state index contributed by atoms with van der Waals surface area (Å²) in [5.74, 6) is 0.693. The molecule has 7 heteroatoms. The molecular formula is C4H4N4O3. The average Bonchev–Trinajstić information content (AvgIpc) is 2.40. The van der Waals surface area contributed by atoms with Crippen molar-refractivity contribution < 1.29 is 9.66 Å². The summed E-state index contributed by atoms with van der Waals surface area (Å²) >= 11 is 0. The van der Waals surface area contributed by atoms with Gasteiger partial charge in [0.15, 0.2) is 5.82 Å². The second-order valence-corrected chi connectivity index (χ2v) is 1.98. The van der Waals surface area contributed by atoms with E-state index in [2.05, 4.69) is 15.3 Å². The first-order chi connectivity index (χ1) is 5.27. The Kier molecular flexibility index (Phi) is 0.999. The summed E-state index contributed by atoms with van der Waals surface area (Å²) in [6.07, 6.45) is 0.193. The van der Waals surface area contributed by atoms with Crippen LogP contribution in [-0.4, -0.2) is 21.2 Å². The minimum absolute atomic E-state index is 0.242. The normalized spacial score (nSPS) is 20.2. The van der Waals surface area contributed by atoms with Crippen LogP contribution in [0.15, 0.2) is 6.33 Å². The molecule has 0 fully saturated rings. The van der Waals surface area contributed by atoms with E-state index in [4.69, 9.17) is 4.74 Å². The van der Waals surface area contributed by atoms with E-state index in [-0.39, 0.29) is 5.88 Å². The molecule has 0 saturated heterocycles. The number of imidazole rings is 1. The molecule has 0 spiro atoms. The fourth-order valence-corrected chi connectivity index (χ4v) is 0.829. The van der Waals surface area contributed by atoms with Crippen LogP contribution >= 0.6 is 0 Å². The third-order valence-corrected chi connectivity index (χ3v) is 1.29. The van der Waals surface area contributed by atoms with Crippen molar-refractivity contribution in [2.75, 3.05) is 5.32 Å². The molecule has 1 aromatic rings. The smallest absolute Gasteiger partial charge is 0.391 e. The van der Waals surface area contributed by atoms with E-state index >= 15 is 0 Å². The Bertz CT molecular complexity index is 275. The van der Waals surface area contributed by atoms with Crippen LogP contribution in [0.2, 0.25) is 0 Å². The van der Waals surface area contributed by atoms with Crippen molar-refractivity contribution in [3.63, 3.8) is 0 Å². The average molecular weight is 156 g/mol. The summed E-state index contributed by atoms with van der Waals surface area (Å²) in [5, 5.41) is 12.6. The van der Waals surface area contributed by atoms with Crippen LogP contribution < -0.4 is 10.1 Å². The first-order valence-corrected chi connectivity index (χ1v) is 2.87. The zero-order chi connectivity index (χ0) is 7.84. The molecule has 7 nitrogen and oxygen atoms in total. The first kappa shape index (κ1) is 5.96. The van der Waals surface area contributed by atoms with Crippen molar-refractivity contribution in [3.8, 4) is 5.88 Å². The lowest BCUT2D eigenvalue weighted by Gasteiger charge is -1.99. The van der Waals surface area contributed by atoms with Gasteiger partial charge in [-0.25, -0.2) is 4.98 Å². The van der Waals surface area contributed by atoms with Gasteiger partial charge in [0.25, 0.3) is 5.88 Å². The molecule has 1 atom stereocenters. The van der Waals surface area contributed by atoms with E-state index in [1.54, 1.807) is 0 Å². The third-order valence-electron chi connectivity index (χ3n) is 1.29. The molecule has 2 heterocycles. The number of aromatic amines is 1. The van der Waals surface area contributed by atoms with Gasteiger partial charge in [-0.2, -0.15) is 0 Å². The molecule has 1 aromatic heterocycles. The highest BCUT2D eigenvalue weighted by molar-refractivity contribution is 5.48. The van der Waals surface area contributed by atoms with E-state index in [1.807, 2.05) is 0 Å². The number of nitro groups is 1. The van der Waals surface area contributed by atoms with Crippen molar-refractivity contribution in [3.05, 3.63) is 16.4 Å². The maximum Gasteiger partial charge on any atom is 0.441 e. The second-order valence-electron chi connectivity index (χ2n) is 1.98. The molecule has 2 rings (SSSR count). The van der Waals surface area contributed by atoms with E-state index in [9.17, 15) is 10.1 Å². The zero-order valence-corrected chi connectivity index (χ0v) is 5.27. The summed E-state index contributed by atoms with van der Waals surface area (Å²) in [6.45, 7) is 0. The molecule has 1 aliphatic heterocycles.